The molecule has 1 aliphatic rings. The Balaban J connectivity index is 1.62. The number of rotatable bonds is 5. The van der Waals surface area contributed by atoms with E-state index in [2.05, 4.69) is 37.4 Å². The number of nitrogens with zero attached hydrogens (tertiary/aromatic N) is 2. The van der Waals surface area contributed by atoms with Gasteiger partial charge >= 0.3 is 0 Å². The molecule has 1 saturated heterocycles. The van der Waals surface area contributed by atoms with Gasteiger partial charge in [-0.2, -0.15) is 11.3 Å². The van der Waals surface area contributed by atoms with Crippen LogP contribution in [0.1, 0.15) is 5.56 Å². The van der Waals surface area contributed by atoms with Crippen LogP contribution in [0.4, 0.5) is 0 Å². The van der Waals surface area contributed by atoms with Gasteiger partial charge in [0.25, 0.3) is 0 Å². The first kappa shape index (κ1) is 14.3. The van der Waals surface area contributed by atoms with Gasteiger partial charge in [-0.25, -0.2) is 0 Å². The van der Waals surface area contributed by atoms with Crippen molar-refractivity contribution in [3.8, 4) is 0 Å². The van der Waals surface area contributed by atoms with E-state index >= 15 is 0 Å². The first-order chi connectivity index (χ1) is 9.38. The van der Waals surface area contributed by atoms with Crippen molar-refractivity contribution in [2.24, 2.45) is 4.99 Å². The van der Waals surface area contributed by atoms with Crippen LogP contribution in [0.15, 0.2) is 21.8 Å². The molecule has 0 amide bonds. The van der Waals surface area contributed by atoms with Gasteiger partial charge in [0.15, 0.2) is 5.96 Å². The third kappa shape index (κ3) is 5.18. The summed E-state index contributed by atoms with van der Waals surface area (Å²) < 4.78 is 5.33. The zero-order valence-corrected chi connectivity index (χ0v) is 12.2. The summed E-state index contributed by atoms with van der Waals surface area (Å²) in [6.07, 6.45) is 0. The van der Waals surface area contributed by atoms with Crippen molar-refractivity contribution in [2.45, 2.75) is 6.54 Å². The van der Waals surface area contributed by atoms with Crippen LogP contribution in [0, 0.1) is 0 Å². The third-order valence-electron chi connectivity index (χ3n) is 3.09. The molecule has 2 heterocycles. The minimum Gasteiger partial charge on any atom is -0.379 e. The second-order valence-electron chi connectivity index (χ2n) is 4.44. The topological polar surface area (TPSA) is 48.9 Å². The first-order valence-corrected chi connectivity index (χ1v) is 7.58. The fraction of sp³-hybridized carbons (Fsp3) is 0.615. The van der Waals surface area contributed by atoms with Crippen molar-refractivity contribution in [1.82, 2.24) is 15.5 Å². The van der Waals surface area contributed by atoms with E-state index in [1.807, 2.05) is 0 Å². The van der Waals surface area contributed by atoms with Crippen LogP contribution in [0.3, 0.4) is 0 Å². The minimum absolute atomic E-state index is 0.820. The van der Waals surface area contributed by atoms with E-state index in [0.29, 0.717) is 0 Å². The Kier molecular flexibility index (Phi) is 6.13. The number of hydrogen-bond acceptors (Lipinski definition) is 4. The van der Waals surface area contributed by atoms with E-state index in [1.54, 1.807) is 18.4 Å². The van der Waals surface area contributed by atoms with Crippen LogP contribution in [0.5, 0.6) is 0 Å². The third-order valence-corrected chi connectivity index (χ3v) is 3.82. The van der Waals surface area contributed by atoms with Crippen molar-refractivity contribution in [2.75, 3.05) is 46.4 Å². The molecule has 0 spiro atoms. The average Bonchev–Trinajstić information content (AvgIpc) is 2.97. The molecule has 1 aromatic heterocycles. The Morgan fingerprint density at radius 1 is 1.42 bits per heavy atom. The number of guanidine groups is 1. The van der Waals surface area contributed by atoms with E-state index in [0.717, 1.165) is 51.9 Å². The van der Waals surface area contributed by atoms with Gasteiger partial charge in [0.1, 0.15) is 0 Å². The molecule has 0 saturated carbocycles. The molecule has 0 radical (unpaired) electrons. The van der Waals surface area contributed by atoms with E-state index in [4.69, 9.17) is 4.74 Å². The number of ether oxygens (including phenoxy) is 1. The Hall–Kier alpha value is -1.11. The molecule has 0 aliphatic carbocycles. The second kappa shape index (κ2) is 8.14. The van der Waals surface area contributed by atoms with Crippen molar-refractivity contribution in [3.05, 3.63) is 22.4 Å². The summed E-state index contributed by atoms with van der Waals surface area (Å²) in [6, 6.07) is 2.12. The first-order valence-electron chi connectivity index (χ1n) is 6.64. The molecule has 6 heteroatoms. The largest absolute Gasteiger partial charge is 0.379 e. The summed E-state index contributed by atoms with van der Waals surface area (Å²) in [6.45, 7) is 6.52. The van der Waals surface area contributed by atoms with Crippen LogP contribution in [-0.2, 0) is 11.3 Å². The molecular weight excluding hydrogens is 260 g/mol. The molecular formula is C13H22N4OS. The summed E-state index contributed by atoms with van der Waals surface area (Å²) in [7, 11) is 1.80. The summed E-state index contributed by atoms with van der Waals surface area (Å²) in [5, 5.41) is 10.9. The van der Waals surface area contributed by atoms with Gasteiger partial charge < -0.3 is 15.4 Å². The van der Waals surface area contributed by atoms with Crippen molar-refractivity contribution < 1.29 is 4.74 Å². The quantitative estimate of drug-likeness (QED) is 0.618. The number of thiophene rings is 1. The molecule has 0 aromatic carbocycles. The van der Waals surface area contributed by atoms with E-state index in [9.17, 15) is 0 Å². The maximum Gasteiger partial charge on any atom is 0.191 e. The maximum absolute atomic E-state index is 5.33. The van der Waals surface area contributed by atoms with Crippen LogP contribution >= 0.6 is 11.3 Å². The smallest absolute Gasteiger partial charge is 0.191 e. The fourth-order valence-corrected chi connectivity index (χ4v) is 2.63. The standard InChI is InChI=1S/C13H22N4OS/c1-14-13(16-10-12-2-9-19-11-12)15-3-4-17-5-7-18-8-6-17/h2,9,11H,3-8,10H2,1H3,(H2,14,15,16). The Bertz CT molecular complexity index is 374. The molecule has 0 bridgehead atoms. The van der Waals surface area contributed by atoms with Crippen LogP contribution in [0.25, 0.3) is 0 Å². The van der Waals surface area contributed by atoms with Crippen LogP contribution in [0.2, 0.25) is 0 Å². The molecule has 5 nitrogen and oxygen atoms in total. The molecule has 2 N–H and O–H groups in total. The number of nitrogens with one attached hydrogen (secondary N) is 2. The molecule has 19 heavy (non-hydrogen) atoms. The number of hydrogen-bond donors (Lipinski definition) is 2. The summed E-state index contributed by atoms with van der Waals surface area (Å²) >= 11 is 1.72. The SMILES string of the molecule is CN=C(NCCN1CCOCC1)NCc1ccsc1. The van der Waals surface area contributed by atoms with Gasteiger partial charge in [0.05, 0.1) is 13.2 Å². The Morgan fingerprint density at radius 3 is 2.95 bits per heavy atom. The van der Waals surface area contributed by atoms with Gasteiger partial charge in [-0.05, 0) is 22.4 Å². The summed E-state index contributed by atoms with van der Waals surface area (Å²) in [5.41, 5.74) is 1.29. The zero-order chi connectivity index (χ0) is 13.3. The number of aliphatic imine (C=N–C) groups is 1. The van der Waals surface area contributed by atoms with Gasteiger partial charge in [-0.3, -0.25) is 9.89 Å². The normalized spacial score (nSPS) is 17.4. The summed E-state index contributed by atoms with van der Waals surface area (Å²) in [4.78, 5) is 6.63. The second-order valence-corrected chi connectivity index (χ2v) is 5.22. The van der Waals surface area contributed by atoms with Crippen LogP contribution < -0.4 is 10.6 Å². The fourth-order valence-electron chi connectivity index (χ4n) is 1.96. The van der Waals surface area contributed by atoms with Crippen molar-refractivity contribution in [3.63, 3.8) is 0 Å². The van der Waals surface area contributed by atoms with E-state index in [1.165, 1.54) is 5.56 Å². The Labute approximate surface area is 118 Å². The lowest BCUT2D eigenvalue weighted by Crippen LogP contribution is -2.44. The predicted octanol–water partition coefficient (Wildman–Crippen LogP) is 0.745. The van der Waals surface area contributed by atoms with E-state index in [-0.39, 0.29) is 0 Å². The highest BCUT2D eigenvalue weighted by molar-refractivity contribution is 7.07. The van der Waals surface area contributed by atoms with E-state index < -0.39 is 0 Å². The Morgan fingerprint density at radius 2 is 2.26 bits per heavy atom. The molecule has 0 atom stereocenters. The molecule has 1 fully saturated rings. The lowest BCUT2D eigenvalue weighted by Gasteiger charge is -2.26. The highest BCUT2D eigenvalue weighted by Gasteiger charge is 2.09. The minimum atomic E-state index is 0.820. The molecule has 0 unspecified atom stereocenters. The maximum atomic E-state index is 5.33. The molecule has 106 valence electrons. The number of morpholine rings is 1. The lowest BCUT2D eigenvalue weighted by molar-refractivity contribution is 0.0389. The van der Waals surface area contributed by atoms with Crippen molar-refractivity contribution >= 4 is 17.3 Å². The highest BCUT2D eigenvalue weighted by Crippen LogP contribution is 2.04. The summed E-state index contributed by atoms with van der Waals surface area (Å²) in [5.74, 6) is 0.861. The highest BCUT2D eigenvalue weighted by atomic mass is 32.1. The van der Waals surface area contributed by atoms with Gasteiger partial charge in [0.2, 0.25) is 0 Å². The molecule has 2 rings (SSSR count). The van der Waals surface area contributed by atoms with Gasteiger partial charge in [-0.15, -0.1) is 0 Å². The predicted molar refractivity (Wildman–Crippen MR) is 79.8 cm³/mol. The molecule has 1 aliphatic heterocycles. The van der Waals surface area contributed by atoms with Gasteiger partial charge in [-0.1, -0.05) is 0 Å². The lowest BCUT2D eigenvalue weighted by atomic mass is 10.3. The monoisotopic (exact) mass is 282 g/mol. The van der Waals surface area contributed by atoms with Crippen LogP contribution in [-0.4, -0.2) is 57.3 Å². The van der Waals surface area contributed by atoms with Crippen molar-refractivity contribution in [1.29, 1.82) is 0 Å². The zero-order valence-electron chi connectivity index (χ0n) is 11.4. The average molecular weight is 282 g/mol. The molecule has 1 aromatic rings. The van der Waals surface area contributed by atoms with Gasteiger partial charge in [0, 0.05) is 39.8 Å².